The average molecular weight is 202 g/mol. The van der Waals surface area contributed by atoms with Gasteiger partial charge in [-0.05, 0) is 26.7 Å². The molecule has 0 aromatic rings. The number of hydrogen-bond acceptors (Lipinski definition) is 3. The topological polar surface area (TPSA) is 64.3 Å². The van der Waals surface area contributed by atoms with E-state index in [0.29, 0.717) is 13.0 Å². The molecule has 4 heteroatoms. The minimum Gasteiger partial charge on any atom is -0.385 e. The van der Waals surface area contributed by atoms with E-state index >= 15 is 0 Å². The van der Waals surface area contributed by atoms with E-state index in [1.807, 2.05) is 13.8 Å². The molecule has 0 aliphatic carbocycles. The highest BCUT2D eigenvalue weighted by Crippen LogP contribution is 2.02. The molecule has 3 N–H and O–H groups in total. The first-order valence-electron chi connectivity index (χ1n) is 5.00. The zero-order valence-electron chi connectivity index (χ0n) is 9.43. The number of carbonyl (C=O) groups is 1. The monoisotopic (exact) mass is 202 g/mol. The number of nitrogens with one attached hydrogen (secondary N) is 1. The van der Waals surface area contributed by atoms with Gasteiger partial charge < -0.3 is 15.8 Å². The van der Waals surface area contributed by atoms with Gasteiger partial charge in [0.25, 0.3) is 0 Å². The van der Waals surface area contributed by atoms with Crippen LogP contribution in [0, 0.1) is 0 Å². The summed E-state index contributed by atoms with van der Waals surface area (Å²) in [7, 11) is 1.68. The molecule has 0 bridgehead atoms. The van der Waals surface area contributed by atoms with Crippen LogP contribution in [0.4, 0.5) is 0 Å². The number of carbonyl (C=O) groups excluding carboxylic acids is 1. The van der Waals surface area contributed by atoms with Crippen molar-refractivity contribution in [1.82, 2.24) is 5.32 Å². The summed E-state index contributed by atoms with van der Waals surface area (Å²) in [6, 6.07) is 0. The molecule has 0 fully saturated rings. The molecule has 0 unspecified atom stereocenters. The van der Waals surface area contributed by atoms with Gasteiger partial charge >= 0.3 is 0 Å². The van der Waals surface area contributed by atoms with Crippen molar-refractivity contribution >= 4 is 5.91 Å². The predicted molar refractivity (Wildman–Crippen MR) is 57.0 cm³/mol. The molecular formula is C10H22N2O2. The van der Waals surface area contributed by atoms with Crippen molar-refractivity contribution in [2.45, 2.75) is 38.6 Å². The van der Waals surface area contributed by atoms with Crippen molar-refractivity contribution in [2.24, 2.45) is 5.73 Å². The quantitative estimate of drug-likeness (QED) is 0.596. The fourth-order valence-corrected chi connectivity index (χ4v) is 1.08. The van der Waals surface area contributed by atoms with E-state index in [2.05, 4.69) is 5.32 Å². The highest BCUT2D eigenvalue weighted by Gasteiger charge is 2.15. The van der Waals surface area contributed by atoms with Gasteiger partial charge in [0.2, 0.25) is 5.91 Å². The number of nitrogens with two attached hydrogens (primary N) is 1. The van der Waals surface area contributed by atoms with Gasteiger partial charge in [0.1, 0.15) is 0 Å². The van der Waals surface area contributed by atoms with Crippen molar-refractivity contribution in [3.8, 4) is 0 Å². The Kier molecular flexibility index (Phi) is 6.49. The van der Waals surface area contributed by atoms with Crippen LogP contribution in [-0.2, 0) is 9.53 Å². The number of hydrogen-bond donors (Lipinski definition) is 2. The second-order valence-corrected chi connectivity index (χ2v) is 4.22. The summed E-state index contributed by atoms with van der Waals surface area (Å²) < 4.78 is 4.90. The van der Waals surface area contributed by atoms with Gasteiger partial charge in [-0.3, -0.25) is 4.79 Å². The summed E-state index contributed by atoms with van der Waals surface area (Å²) in [4.78, 5) is 11.3. The van der Waals surface area contributed by atoms with E-state index in [9.17, 15) is 4.79 Å². The van der Waals surface area contributed by atoms with E-state index in [1.54, 1.807) is 7.11 Å². The number of methoxy groups -OCH3 is 1. The van der Waals surface area contributed by atoms with E-state index < -0.39 is 5.54 Å². The van der Waals surface area contributed by atoms with Gasteiger partial charge in [0, 0.05) is 32.2 Å². The molecular weight excluding hydrogens is 180 g/mol. The summed E-state index contributed by atoms with van der Waals surface area (Å²) in [5.74, 6) is 0.0231. The van der Waals surface area contributed by atoms with E-state index in [0.717, 1.165) is 19.4 Å². The third-order valence-electron chi connectivity index (χ3n) is 1.71. The van der Waals surface area contributed by atoms with Crippen LogP contribution >= 0.6 is 0 Å². The number of ether oxygens (including phenoxy) is 1. The Morgan fingerprint density at radius 1 is 1.43 bits per heavy atom. The molecule has 0 atom stereocenters. The molecule has 0 spiro atoms. The Labute approximate surface area is 86.2 Å². The molecule has 0 saturated carbocycles. The first-order valence-corrected chi connectivity index (χ1v) is 5.00. The zero-order valence-corrected chi connectivity index (χ0v) is 9.43. The molecule has 0 aromatic carbocycles. The summed E-state index contributed by atoms with van der Waals surface area (Å²) >= 11 is 0. The Morgan fingerprint density at radius 2 is 2.07 bits per heavy atom. The third kappa shape index (κ3) is 9.48. The minimum absolute atomic E-state index is 0.0231. The van der Waals surface area contributed by atoms with Gasteiger partial charge in [-0.2, -0.15) is 0 Å². The molecule has 0 aromatic heterocycles. The fourth-order valence-electron chi connectivity index (χ4n) is 1.08. The van der Waals surface area contributed by atoms with Crippen molar-refractivity contribution < 1.29 is 9.53 Å². The number of amides is 1. The Bertz CT molecular complexity index is 164. The van der Waals surface area contributed by atoms with Crippen LogP contribution in [0.5, 0.6) is 0 Å². The lowest BCUT2D eigenvalue weighted by molar-refractivity contribution is -0.122. The van der Waals surface area contributed by atoms with Gasteiger partial charge in [-0.25, -0.2) is 0 Å². The van der Waals surface area contributed by atoms with Crippen molar-refractivity contribution in [3.05, 3.63) is 0 Å². The average Bonchev–Trinajstić information content (AvgIpc) is 2.00. The lowest BCUT2D eigenvalue weighted by Gasteiger charge is -2.17. The Morgan fingerprint density at radius 3 is 2.57 bits per heavy atom. The normalized spacial score (nSPS) is 11.4. The summed E-state index contributed by atoms with van der Waals surface area (Å²) in [6.07, 6.45) is 2.30. The van der Waals surface area contributed by atoms with Crippen molar-refractivity contribution in [2.75, 3.05) is 20.3 Å². The van der Waals surface area contributed by atoms with Gasteiger partial charge in [0.15, 0.2) is 0 Å². The van der Waals surface area contributed by atoms with E-state index in [1.165, 1.54) is 0 Å². The van der Waals surface area contributed by atoms with E-state index in [-0.39, 0.29) is 5.91 Å². The lowest BCUT2D eigenvalue weighted by atomic mass is 10.0. The second-order valence-electron chi connectivity index (χ2n) is 4.22. The van der Waals surface area contributed by atoms with Crippen LogP contribution < -0.4 is 11.1 Å². The van der Waals surface area contributed by atoms with Gasteiger partial charge in [-0.15, -0.1) is 0 Å². The number of rotatable bonds is 7. The second kappa shape index (κ2) is 6.79. The van der Waals surface area contributed by atoms with Crippen molar-refractivity contribution in [1.29, 1.82) is 0 Å². The third-order valence-corrected chi connectivity index (χ3v) is 1.71. The Hall–Kier alpha value is -0.610. The summed E-state index contributed by atoms with van der Waals surface area (Å²) in [5.41, 5.74) is 5.29. The molecule has 84 valence electrons. The standard InChI is InChI=1S/C10H22N2O2/c1-10(2,11)8-9(13)12-6-4-5-7-14-3/h4-8,11H2,1-3H3,(H,12,13). The maximum Gasteiger partial charge on any atom is 0.221 e. The zero-order chi connectivity index (χ0) is 11.0. The molecule has 4 nitrogen and oxygen atoms in total. The number of unbranched alkanes of at least 4 members (excludes halogenated alkanes) is 1. The molecule has 0 saturated heterocycles. The van der Waals surface area contributed by atoms with Crippen molar-refractivity contribution in [3.63, 3.8) is 0 Å². The highest BCUT2D eigenvalue weighted by atomic mass is 16.5. The smallest absolute Gasteiger partial charge is 0.221 e. The molecule has 0 aliphatic rings. The van der Waals surface area contributed by atoms with Crippen LogP contribution in [0.1, 0.15) is 33.1 Å². The molecule has 1 amide bonds. The molecule has 0 radical (unpaired) electrons. The molecule has 0 heterocycles. The lowest BCUT2D eigenvalue weighted by Crippen LogP contribution is -2.39. The van der Waals surface area contributed by atoms with E-state index in [4.69, 9.17) is 10.5 Å². The first kappa shape index (κ1) is 13.4. The SMILES string of the molecule is COCCCCNC(=O)CC(C)(C)N. The highest BCUT2D eigenvalue weighted by molar-refractivity contribution is 5.76. The van der Waals surface area contributed by atoms with Gasteiger partial charge in [-0.1, -0.05) is 0 Å². The first-order chi connectivity index (χ1) is 6.45. The molecule has 0 aliphatic heterocycles. The van der Waals surface area contributed by atoms with Crippen LogP contribution in [-0.4, -0.2) is 31.7 Å². The predicted octanol–water partition coefficient (Wildman–Crippen LogP) is 0.657. The summed E-state index contributed by atoms with van der Waals surface area (Å²) in [6.45, 7) is 5.14. The molecule has 0 rings (SSSR count). The van der Waals surface area contributed by atoms with Gasteiger partial charge in [0.05, 0.1) is 0 Å². The maximum absolute atomic E-state index is 11.3. The van der Waals surface area contributed by atoms with Crippen LogP contribution in [0.15, 0.2) is 0 Å². The maximum atomic E-state index is 11.3. The summed E-state index contributed by atoms with van der Waals surface area (Å²) in [5, 5.41) is 2.82. The largest absolute Gasteiger partial charge is 0.385 e. The molecule has 14 heavy (non-hydrogen) atoms. The van der Waals surface area contributed by atoms with Crippen LogP contribution in [0.3, 0.4) is 0 Å². The van der Waals surface area contributed by atoms with Crippen LogP contribution in [0.25, 0.3) is 0 Å². The fraction of sp³-hybridized carbons (Fsp3) is 0.900. The van der Waals surface area contributed by atoms with Crippen LogP contribution in [0.2, 0.25) is 0 Å². The Balaban J connectivity index is 3.36. The minimum atomic E-state index is -0.420.